The maximum absolute atomic E-state index is 13.3. The Balaban J connectivity index is 1.96. The molecule has 0 saturated carbocycles. The largest absolute Gasteiger partial charge is 0.485 e. The summed E-state index contributed by atoms with van der Waals surface area (Å²) in [6, 6.07) is 8.74. The standard InChI is InChI=1S/C15H12BrF2NO/c16-9-1-2-14-12(5-9)13(19)7-15(20-14)8-3-10(17)6-11(18)4-8/h1-6,13,15H,7,19H2/t13-,15?/m1/s1. The van der Waals surface area contributed by atoms with Gasteiger partial charge in [-0.15, -0.1) is 0 Å². The van der Waals surface area contributed by atoms with E-state index in [0.29, 0.717) is 17.7 Å². The van der Waals surface area contributed by atoms with E-state index in [9.17, 15) is 8.78 Å². The molecule has 2 aromatic rings. The lowest BCUT2D eigenvalue weighted by Crippen LogP contribution is -2.24. The van der Waals surface area contributed by atoms with Crippen molar-refractivity contribution in [1.82, 2.24) is 0 Å². The van der Waals surface area contributed by atoms with Gasteiger partial charge in [-0.3, -0.25) is 0 Å². The van der Waals surface area contributed by atoms with Gasteiger partial charge in [0.2, 0.25) is 0 Å². The number of rotatable bonds is 1. The van der Waals surface area contributed by atoms with Crippen LogP contribution in [0.1, 0.15) is 29.7 Å². The van der Waals surface area contributed by atoms with Crippen LogP contribution in [0.25, 0.3) is 0 Å². The highest BCUT2D eigenvalue weighted by atomic mass is 79.9. The quantitative estimate of drug-likeness (QED) is 0.842. The SMILES string of the molecule is N[C@@H]1CC(c2cc(F)cc(F)c2)Oc2ccc(Br)cc21. The predicted molar refractivity (Wildman–Crippen MR) is 75.4 cm³/mol. The summed E-state index contributed by atoms with van der Waals surface area (Å²) in [4.78, 5) is 0. The third-order valence-electron chi connectivity index (χ3n) is 3.37. The average molecular weight is 340 g/mol. The lowest BCUT2D eigenvalue weighted by molar-refractivity contribution is 0.160. The van der Waals surface area contributed by atoms with E-state index in [-0.39, 0.29) is 6.04 Å². The molecule has 5 heteroatoms. The highest BCUT2D eigenvalue weighted by molar-refractivity contribution is 9.10. The minimum atomic E-state index is -0.612. The van der Waals surface area contributed by atoms with Crippen molar-refractivity contribution in [3.63, 3.8) is 0 Å². The third kappa shape index (κ3) is 2.55. The van der Waals surface area contributed by atoms with Crippen molar-refractivity contribution in [2.24, 2.45) is 5.73 Å². The Morgan fingerprint density at radius 2 is 1.80 bits per heavy atom. The molecule has 1 aliphatic heterocycles. The van der Waals surface area contributed by atoms with Crippen LogP contribution in [-0.2, 0) is 0 Å². The Hall–Kier alpha value is -1.46. The first kappa shape index (κ1) is 13.5. The third-order valence-corrected chi connectivity index (χ3v) is 3.86. The summed E-state index contributed by atoms with van der Waals surface area (Å²) in [5.74, 6) is -0.570. The van der Waals surface area contributed by atoms with Crippen LogP contribution < -0.4 is 10.5 Å². The summed E-state index contributed by atoms with van der Waals surface area (Å²) in [7, 11) is 0. The van der Waals surface area contributed by atoms with E-state index in [1.807, 2.05) is 12.1 Å². The van der Waals surface area contributed by atoms with E-state index in [1.54, 1.807) is 6.07 Å². The number of halogens is 3. The van der Waals surface area contributed by atoms with Gasteiger partial charge in [0.25, 0.3) is 0 Å². The number of benzene rings is 2. The molecule has 1 aliphatic rings. The van der Waals surface area contributed by atoms with Crippen LogP contribution in [-0.4, -0.2) is 0 Å². The van der Waals surface area contributed by atoms with E-state index in [4.69, 9.17) is 10.5 Å². The number of fused-ring (bicyclic) bond motifs is 1. The summed E-state index contributed by atoms with van der Waals surface area (Å²) < 4.78 is 33.3. The number of hydrogen-bond donors (Lipinski definition) is 1. The first-order chi connectivity index (χ1) is 9.52. The number of ether oxygens (including phenoxy) is 1. The minimum absolute atomic E-state index is 0.229. The van der Waals surface area contributed by atoms with E-state index >= 15 is 0 Å². The summed E-state index contributed by atoms with van der Waals surface area (Å²) in [6.45, 7) is 0. The van der Waals surface area contributed by atoms with Crippen molar-refractivity contribution in [1.29, 1.82) is 0 Å². The number of nitrogens with two attached hydrogens (primary N) is 1. The minimum Gasteiger partial charge on any atom is -0.485 e. The normalized spacial score (nSPS) is 21.2. The van der Waals surface area contributed by atoms with Gasteiger partial charge in [0.1, 0.15) is 23.5 Å². The fourth-order valence-electron chi connectivity index (χ4n) is 2.44. The van der Waals surface area contributed by atoms with Crippen LogP contribution >= 0.6 is 15.9 Å². The Kier molecular flexibility index (Phi) is 3.48. The van der Waals surface area contributed by atoms with Crippen LogP contribution in [0.15, 0.2) is 40.9 Å². The molecule has 0 spiro atoms. The monoisotopic (exact) mass is 339 g/mol. The first-order valence-corrected chi connectivity index (χ1v) is 7.00. The second-order valence-corrected chi connectivity index (χ2v) is 5.75. The van der Waals surface area contributed by atoms with E-state index < -0.39 is 17.7 Å². The van der Waals surface area contributed by atoms with Crippen LogP contribution in [0.4, 0.5) is 8.78 Å². The molecule has 20 heavy (non-hydrogen) atoms. The molecule has 1 heterocycles. The zero-order chi connectivity index (χ0) is 14.3. The van der Waals surface area contributed by atoms with E-state index in [0.717, 1.165) is 16.1 Å². The second kappa shape index (κ2) is 5.14. The fraction of sp³-hybridized carbons (Fsp3) is 0.200. The maximum atomic E-state index is 13.3. The van der Waals surface area contributed by atoms with Gasteiger partial charge < -0.3 is 10.5 Å². The predicted octanol–water partition coefficient (Wildman–Crippen LogP) is 4.25. The summed E-state index contributed by atoms with van der Waals surface area (Å²) in [6.07, 6.45) is 0.0377. The molecule has 2 aromatic carbocycles. The van der Waals surface area contributed by atoms with Crippen molar-refractivity contribution in [2.75, 3.05) is 0 Å². The lowest BCUT2D eigenvalue weighted by Gasteiger charge is -2.30. The van der Waals surface area contributed by atoms with Gasteiger partial charge in [0.05, 0.1) is 0 Å². The highest BCUT2D eigenvalue weighted by Gasteiger charge is 2.27. The molecule has 0 fully saturated rings. The topological polar surface area (TPSA) is 35.2 Å². The van der Waals surface area contributed by atoms with E-state index in [1.165, 1.54) is 12.1 Å². The van der Waals surface area contributed by atoms with Gasteiger partial charge in [-0.05, 0) is 35.9 Å². The Labute approximate surface area is 123 Å². The molecular weight excluding hydrogens is 328 g/mol. The maximum Gasteiger partial charge on any atom is 0.126 e. The first-order valence-electron chi connectivity index (χ1n) is 6.20. The number of hydrogen-bond acceptors (Lipinski definition) is 2. The van der Waals surface area contributed by atoms with Crippen LogP contribution in [0.2, 0.25) is 0 Å². The summed E-state index contributed by atoms with van der Waals surface area (Å²) in [5, 5.41) is 0. The molecule has 0 amide bonds. The van der Waals surface area contributed by atoms with Crippen LogP contribution in [0.5, 0.6) is 5.75 Å². The van der Waals surface area contributed by atoms with Crippen LogP contribution in [0, 0.1) is 11.6 Å². The molecule has 0 aliphatic carbocycles. The van der Waals surface area contributed by atoms with Gasteiger partial charge in [-0.25, -0.2) is 8.78 Å². The van der Waals surface area contributed by atoms with Crippen molar-refractivity contribution in [3.05, 3.63) is 63.6 Å². The van der Waals surface area contributed by atoms with Gasteiger partial charge in [0.15, 0.2) is 0 Å². The molecule has 2 atom stereocenters. The second-order valence-electron chi connectivity index (χ2n) is 4.83. The zero-order valence-electron chi connectivity index (χ0n) is 10.4. The summed E-state index contributed by atoms with van der Waals surface area (Å²) >= 11 is 3.39. The summed E-state index contributed by atoms with van der Waals surface area (Å²) in [5.41, 5.74) is 7.49. The molecule has 2 N–H and O–H groups in total. The van der Waals surface area contributed by atoms with Crippen molar-refractivity contribution >= 4 is 15.9 Å². The molecule has 0 saturated heterocycles. The molecule has 0 radical (unpaired) electrons. The van der Waals surface area contributed by atoms with Gasteiger partial charge >= 0.3 is 0 Å². The van der Waals surface area contributed by atoms with Crippen molar-refractivity contribution in [2.45, 2.75) is 18.6 Å². The molecule has 3 rings (SSSR count). The van der Waals surface area contributed by atoms with Gasteiger partial charge in [-0.1, -0.05) is 15.9 Å². The average Bonchev–Trinajstić information content (AvgIpc) is 2.38. The van der Waals surface area contributed by atoms with Crippen molar-refractivity contribution < 1.29 is 13.5 Å². The van der Waals surface area contributed by atoms with Gasteiger partial charge in [-0.2, -0.15) is 0 Å². The van der Waals surface area contributed by atoms with Gasteiger partial charge in [0, 0.05) is 28.6 Å². The van der Waals surface area contributed by atoms with E-state index in [2.05, 4.69) is 15.9 Å². The zero-order valence-corrected chi connectivity index (χ0v) is 12.0. The Morgan fingerprint density at radius 1 is 1.10 bits per heavy atom. The molecule has 104 valence electrons. The fourth-order valence-corrected chi connectivity index (χ4v) is 2.82. The Morgan fingerprint density at radius 3 is 2.50 bits per heavy atom. The lowest BCUT2D eigenvalue weighted by atomic mass is 9.93. The highest BCUT2D eigenvalue weighted by Crippen LogP contribution is 2.40. The molecule has 2 nitrogen and oxygen atoms in total. The Bertz CT molecular complexity index is 642. The molecule has 1 unspecified atom stereocenters. The van der Waals surface area contributed by atoms with Crippen molar-refractivity contribution in [3.8, 4) is 5.75 Å². The molecule has 0 aromatic heterocycles. The van der Waals surface area contributed by atoms with Crippen LogP contribution in [0.3, 0.4) is 0 Å². The molecule has 0 bridgehead atoms. The smallest absolute Gasteiger partial charge is 0.126 e. The molecular formula is C15H12BrF2NO.